The minimum atomic E-state index is -0.176. The van der Waals surface area contributed by atoms with Gasteiger partial charge < -0.3 is 9.88 Å². The maximum atomic E-state index is 12.9. The topological polar surface area (TPSA) is 29.9 Å². The maximum Gasteiger partial charge on any atom is 0.123 e. The monoisotopic (exact) mass is 233 g/mol. The predicted molar refractivity (Wildman–Crippen MR) is 65.1 cm³/mol. The Bertz CT molecular complexity index is 466. The molecule has 2 aromatic rings. The van der Waals surface area contributed by atoms with Crippen molar-refractivity contribution in [3.63, 3.8) is 0 Å². The molecule has 1 aromatic carbocycles. The number of hydrogen-bond acceptors (Lipinski definition) is 2. The largest absolute Gasteiger partial charge is 0.336 e. The minimum Gasteiger partial charge on any atom is -0.336 e. The zero-order valence-electron chi connectivity index (χ0n) is 9.86. The van der Waals surface area contributed by atoms with Crippen LogP contribution in [0.25, 0.3) is 0 Å². The molecule has 0 fully saturated rings. The molecule has 0 spiro atoms. The number of halogens is 1. The normalized spacial score (nSPS) is 10.7. The molecular weight excluding hydrogens is 217 g/mol. The average molecular weight is 233 g/mol. The Morgan fingerprint density at radius 2 is 2.29 bits per heavy atom. The number of nitrogens with one attached hydrogen (secondary N) is 1. The van der Waals surface area contributed by atoms with Gasteiger partial charge in [0.25, 0.3) is 0 Å². The van der Waals surface area contributed by atoms with Crippen LogP contribution in [0.5, 0.6) is 0 Å². The third-order valence-electron chi connectivity index (χ3n) is 2.73. The highest BCUT2D eigenvalue weighted by Gasteiger charge is 1.99. The first-order chi connectivity index (χ1) is 8.25. The van der Waals surface area contributed by atoms with Crippen molar-refractivity contribution in [1.29, 1.82) is 0 Å². The fraction of sp³-hybridized carbons (Fsp3) is 0.308. The van der Waals surface area contributed by atoms with Crippen LogP contribution in [-0.2, 0) is 13.1 Å². The van der Waals surface area contributed by atoms with Gasteiger partial charge in [-0.15, -0.1) is 0 Å². The van der Waals surface area contributed by atoms with Gasteiger partial charge >= 0.3 is 0 Å². The van der Waals surface area contributed by atoms with Crippen molar-refractivity contribution in [2.75, 3.05) is 6.54 Å². The summed E-state index contributed by atoms with van der Waals surface area (Å²) in [4.78, 5) is 3.98. The van der Waals surface area contributed by atoms with E-state index in [9.17, 15) is 4.39 Å². The molecule has 0 aliphatic carbocycles. The second-order valence-electron chi connectivity index (χ2n) is 4.05. The summed E-state index contributed by atoms with van der Waals surface area (Å²) in [5.74, 6) is -0.176. The molecule has 0 amide bonds. The van der Waals surface area contributed by atoms with Crippen LogP contribution in [-0.4, -0.2) is 16.1 Å². The Hall–Kier alpha value is -1.68. The number of aromatic nitrogens is 2. The van der Waals surface area contributed by atoms with Gasteiger partial charge in [0.05, 0.1) is 6.33 Å². The first-order valence-electron chi connectivity index (χ1n) is 5.67. The summed E-state index contributed by atoms with van der Waals surface area (Å²) in [6, 6.07) is 4.89. The van der Waals surface area contributed by atoms with E-state index < -0.39 is 0 Å². The fourth-order valence-corrected chi connectivity index (χ4v) is 1.71. The van der Waals surface area contributed by atoms with Gasteiger partial charge in [-0.1, -0.05) is 6.07 Å². The van der Waals surface area contributed by atoms with Crippen molar-refractivity contribution in [2.24, 2.45) is 0 Å². The molecule has 0 unspecified atom stereocenters. The van der Waals surface area contributed by atoms with Crippen LogP contribution in [0.15, 0.2) is 36.9 Å². The zero-order chi connectivity index (χ0) is 12.1. The van der Waals surface area contributed by atoms with Crippen LogP contribution >= 0.6 is 0 Å². The Morgan fingerprint density at radius 3 is 3.00 bits per heavy atom. The molecule has 2 rings (SSSR count). The maximum absolute atomic E-state index is 12.9. The highest BCUT2D eigenvalue weighted by molar-refractivity contribution is 5.26. The van der Waals surface area contributed by atoms with Gasteiger partial charge in [-0.25, -0.2) is 9.37 Å². The Morgan fingerprint density at radius 1 is 1.41 bits per heavy atom. The SMILES string of the molecule is Cc1cc(F)ccc1CNCCn1ccnc1. The Kier molecular flexibility index (Phi) is 3.88. The van der Waals surface area contributed by atoms with Crippen LogP contribution in [0, 0.1) is 12.7 Å². The standard InChI is InChI=1S/C13H16FN3/c1-11-8-13(14)3-2-12(11)9-15-4-6-17-7-5-16-10-17/h2-3,5,7-8,10,15H,4,6,9H2,1H3. The lowest BCUT2D eigenvalue weighted by Crippen LogP contribution is -2.19. The molecule has 3 nitrogen and oxygen atoms in total. The highest BCUT2D eigenvalue weighted by Crippen LogP contribution is 2.09. The number of benzene rings is 1. The van der Waals surface area contributed by atoms with Crippen LogP contribution in [0.1, 0.15) is 11.1 Å². The summed E-state index contributed by atoms with van der Waals surface area (Å²) in [7, 11) is 0. The van der Waals surface area contributed by atoms with Crippen LogP contribution in [0.3, 0.4) is 0 Å². The van der Waals surface area contributed by atoms with E-state index in [0.29, 0.717) is 0 Å². The van der Waals surface area contributed by atoms with E-state index in [1.54, 1.807) is 18.6 Å². The molecule has 0 aliphatic rings. The second kappa shape index (κ2) is 5.59. The first kappa shape index (κ1) is 11.8. The van der Waals surface area contributed by atoms with Gasteiger partial charge in [0.1, 0.15) is 5.82 Å². The second-order valence-corrected chi connectivity index (χ2v) is 4.05. The van der Waals surface area contributed by atoms with Crippen LogP contribution < -0.4 is 5.32 Å². The Labute approximate surface area is 100 Å². The van der Waals surface area contributed by atoms with Crippen LogP contribution in [0.2, 0.25) is 0 Å². The van der Waals surface area contributed by atoms with E-state index in [2.05, 4.69) is 10.3 Å². The smallest absolute Gasteiger partial charge is 0.123 e. The molecule has 1 N–H and O–H groups in total. The van der Waals surface area contributed by atoms with Crippen molar-refractivity contribution in [3.05, 3.63) is 53.9 Å². The minimum absolute atomic E-state index is 0.176. The summed E-state index contributed by atoms with van der Waals surface area (Å²) in [6.45, 7) is 4.45. The molecule has 0 atom stereocenters. The predicted octanol–water partition coefficient (Wildman–Crippen LogP) is 2.12. The molecule has 0 saturated carbocycles. The Balaban J connectivity index is 1.78. The number of nitrogens with zero attached hydrogens (tertiary/aromatic N) is 2. The molecular formula is C13H16FN3. The lowest BCUT2D eigenvalue weighted by Gasteiger charge is -2.08. The molecule has 90 valence electrons. The third kappa shape index (κ3) is 3.39. The third-order valence-corrected chi connectivity index (χ3v) is 2.73. The fourth-order valence-electron chi connectivity index (χ4n) is 1.71. The summed E-state index contributed by atoms with van der Waals surface area (Å²) >= 11 is 0. The van der Waals surface area contributed by atoms with E-state index >= 15 is 0 Å². The quantitative estimate of drug-likeness (QED) is 0.802. The molecule has 0 bridgehead atoms. The first-order valence-corrected chi connectivity index (χ1v) is 5.67. The average Bonchev–Trinajstić information content (AvgIpc) is 2.79. The van der Waals surface area contributed by atoms with Crippen molar-refractivity contribution in [2.45, 2.75) is 20.0 Å². The highest BCUT2D eigenvalue weighted by atomic mass is 19.1. The molecule has 1 aromatic heterocycles. The molecule has 0 saturated heterocycles. The summed E-state index contributed by atoms with van der Waals surface area (Å²) in [5.41, 5.74) is 2.12. The number of hydrogen-bond donors (Lipinski definition) is 1. The van der Waals surface area contributed by atoms with E-state index in [-0.39, 0.29) is 5.82 Å². The van der Waals surface area contributed by atoms with Crippen molar-refractivity contribution in [3.8, 4) is 0 Å². The molecule has 0 aliphatic heterocycles. The number of aryl methyl sites for hydroxylation is 1. The van der Waals surface area contributed by atoms with Crippen molar-refractivity contribution in [1.82, 2.24) is 14.9 Å². The molecule has 1 heterocycles. The zero-order valence-corrected chi connectivity index (χ0v) is 9.86. The van der Waals surface area contributed by atoms with E-state index in [4.69, 9.17) is 0 Å². The van der Waals surface area contributed by atoms with E-state index in [1.807, 2.05) is 23.8 Å². The van der Waals surface area contributed by atoms with Gasteiger partial charge in [0.2, 0.25) is 0 Å². The van der Waals surface area contributed by atoms with E-state index in [0.717, 1.165) is 30.8 Å². The molecule has 0 radical (unpaired) electrons. The van der Waals surface area contributed by atoms with Gasteiger partial charge in [-0.2, -0.15) is 0 Å². The van der Waals surface area contributed by atoms with E-state index in [1.165, 1.54) is 6.07 Å². The lowest BCUT2D eigenvalue weighted by molar-refractivity contribution is 0.593. The van der Waals surface area contributed by atoms with Crippen molar-refractivity contribution < 1.29 is 4.39 Å². The molecule has 4 heteroatoms. The number of imidazole rings is 1. The van der Waals surface area contributed by atoms with Crippen molar-refractivity contribution >= 4 is 0 Å². The van der Waals surface area contributed by atoms with Crippen LogP contribution in [0.4, 0.5) is 4.39 Å². The van der Waals surface area contributed by atoms with Gasteiger partial charge in [0.15, 0.2) is 0 Å². The summed E-state index contributed by atoms with van der Waals surface area (Å²) < 4.78 is 14.9. The van der Waals surface area contributed by atoms with Gasteiger partial charge in [-0.3, -0.25) is 0 Å². The summed E-state index contributed by atoms with van der Waals surface area (Å²) in [5, 5.41) is 3.33. The molecule has 17 heavy (non-hydrogen) atoms. The number of rotatable bonds is 5. The summed E-state index contributed by atoms with van der Waals surface area (Å²) in [6.07, 6.45) is 5.50. The lowest BCUT2D eigenvalue weighted by atomic mass is 10.1. The van der Waals surface area contributed by atoms with Gasteiger partial charge in [0, 0.05) is 32.0 Å². The van der Waals surface area contributed by atoms with Gasteiger partial charge in [-0.05, 0) is 30.2 Å².